The molecule has 2 N–H and O–H groups in total. The molecule has 0 amide bonds. The lowest BCUT2D eigenvalue weighted by Gasteiger charge is -2.34. The summed E-state index contributed by atoms with van der Waals surface area (Å²) in [5.41, 5.74) is 0.0977. The molecule has 1 aromatic heterocycles. The minimum Gasteiger partial charge on any atom is -0.480 e. The number of pyridine rings is 1. The SMILES string of the molecule is N#Cc1ccc(NC2(C(=O)O)CCCCC2)cn1. The van der Waals surface area contributed by atoms with Crippen LogP contribution in [-0.4, -0.2) is 21.6 Å². The zero-order chi connectivity index (χ0) is 13.0. The van der Waals surface area contributed by atoms with Gasteiger partial charge in [0.2, 0.25) is 0 Å². The maximum absolute atomic E-state index is 11.5. The number of nitrogens with one attached hydrogen (secondary N) is 1. The second-order valence-corrected chi connectivity index (χ2v) is 4.62. The van der Waals surface area contributed by atoms with Crippen LogP contribution in [0.5, 0.6) is 0 Å². The van der Waals surface area contributed by atoms with E-state index in [4.69, 9.17) is 5.26 Å². The van der Waals surface area contributed by atoms with Crippen molar-refractivity contribution in [3.63, 3.8) is 0 Å². The van der Waals surface area contributed by atoms with E-state index in [0.717, 1.165) is 19.3 Å². The minimum atomic E-state index is -0.881. The highest BCUT2D eigenvalue weighted by atomic mass is 16.4. The van der Waals surface area contributed by atoms with E-state index in [1.165, 1.54) is 6.20 Å². The maximum atomic E-state index is 11.5. The Labute approximate surface area is 105 Å². The Hall–Kier alpha value is -2.09. The van der Waals surface area contributed by atoms with E-state index in [9.17, 15) is 9.90 Å². The summed E-state index contributed by atoms with van der Waals surface area (Å²) in [7, 11) is 0. The lowest BCUT2D eigenvalue weighted by atomic mass is 9.81. The van der Waals surface area contributed by atoms with E-state index >= 15 is 0 Å². The van der Waals surface area contributed by atoms with Crippen LogP contribution in [0.1, 0.15) is 37.8 Å². The van der Waals surface area contributed by atoms with Crippen LogP contribution in [-0.2, 0) is 4.79 Å². The van der Waals surface area contributed by atoms with E-state index in [1.807, 2.05) is 6.07 Å². The second kappa shape index (κ2) is 5.05. The number of rotatable bonds is 3. The molecule has 2 rings (SSSR count). The van der Waals surface area contributed by atoms with Crippen LogP contribution in [0.25, 0.3) is 0 Å². The molecule has 0 radical (unpaired) electrons. The molecule has 94 valence electrons. The summed E-state index contributed by atoms with van der Waals surface area (Å²) in [5.74, 6) is -0.813. The van der Waals surface area contributed by atoms with E-state index in [0.29, 0.717) is 24.2 Å². The van der Waals surface area contributed by atoms with Crippen molar-refractivity contribution < 1.29 is 9.90 Å². The highest BCUT2D eigenvalue weighted by Gasteiger charge is 2.39. The third kappa shape index (κ3) is 2.43. The second-order valence-electron chi connectivity index (χ2n) is 4.62. The quantitative estimate of drug-likeness (QED) is 0.852. The standard InChI is InChI=1S/C13H15N3O2/c14-8-10-4-5-11(9-15-10)16-13(12(17)18)6-2-1-3-7-13/h4-5,9,16H,1-3,6-7H2,(H,17,18). The number of carbonyl (C=O) groups is 1. The van der Waals surface area contributed by atoms with Crippen LogP contribution in [0, 0.1) is 11.3 Å². The van der Waals surface area contributed by atoms with Gasteiger partial charge in [-0.2, -0.15) is 5.26 Å². The lowest BCUT2D eigenvalue weighted by molar-refractivity contribution is -0.143. The molecule has 1 heterocycles. The van der Waals surface area contributed by atoms with Gasteiger partial charge in [-0.3, -0.25) is 0 Å². The summed E-state index contributed by atoms with van der Waals surface area (Å²) in [6.07, 6.45) is 5.69. The van der Waals surface area contributed by atoms with Gasteiger partial charge < -0.3 is 10.4 Å². The Bertz CT molecular complexity index is 470. The molecule has 0 atom stereocenters. The Morgan fingerprint density at radius 3 is 2.61 bits per heavy atom. The zero-order valence-electron chi connectivity index (χ0n) is 10.0. The molecule has 5 heteroatoms. The fourth-order valence-electron chi connectivity index (χ4n) is 2.36. The summed E-state index contributed by atoms with van der Waals surface area (Å²) >= 11 is 0. The molecular weight excluding hydrogens is 230 g/mol. The number of hydrogen-bond acceptors (Lipinski definition) is 4. The van der Waals surface area contributed by atoms with Gasteiger partial charge >= 0.3 is 5.97 Å². The third-order valence-electron chi connectivity index (χ3n) is 3.38. The van der Waals surface area contributed by atoms with Gasteiger partial charge in [-0.1, -0.05) is 19.3 Å². The van der Waals surface area contributed by atoms with Crippen LogP contribution >= 0.6 is 0 Å². The van der Waals surface area contributed by atoms with Crippen LogP contribution in [0.3, 0.4) is 0 Å². The van der Waals surface area contributed by atoms with Crippen molar-refractivity contribution in [1.29, 1.82) is 5.26 Å². The van der Waals surface area contributed by atoms with Crippen molar-refractivity contribution in [1.82, 2.24) is 4.98 Å². The minimum absolute atomic E-state index is 0.327. The van der Waals surface area contributed by atoms with Gasteiger partial charge in [0, 0.05) is 0 Å². The third-order valence-corrected chi connectivity index (χ3v) is 3.38. The maximum Gasteiger partial charge on any atom is 0.329 e. The molecule has 1 aromatic rings. The van der Waals surface area contributed by atoms with Crippen LogP contribution < -0.4 is 5.32 Å². The van der Waals surface area contributed by atoms with E-state index in [1.54, 1.807) is 12.1 Å². The van der Waals surface area contributed by atoms with E-state index < -0.39 is 11.5 Å². The van der Waals surface area contributed by atoms with Crippen molar-refractivity contribution in [2.24, 2.45) is 0 Å². The fraction of sp³-hybridized carbons (Fsp3) is 0.462. The molecule has 0 aromatic carbocycles. The van der Waals surface area contributed by atoms with Crippen molar-refractivity contribution >= 4 is 11.7 Å². The Morgan fingerprint density at radius 1 is 1.39 bits per heavy atom. The monoisotopic (exact) mass is 245 g/mol. The van der Waals surface area contributed by atoms with Gasteiger partial charge in [0.25, 0.3) is 0 Å². The van der Waals surface area contributed by atoms with Crippen molar-refractivity contribution in [2.45, 2.75) is 37.6 Å². The molecule has 0 bridgehead atoms. The number of nitriles is 1. The van der Waals surface area contributed by atoms with Gasteiger partial charge in [-0.15, -0.1) is 0 Å². The lowest BCUT2D eigenvalue weighted by Crippen LogP contribution is -2.47. The molecule has 1 aliphatic rings. The number of carboxylic acid groups (broad SMARTS) is 1. The Balaban J connectivity index is 2.18. The van der Waals surface area contributed by atoms with Crippen molar-refractivity contribution in [3.8, 4) is 6.07 Å². The summed E-state index contributed by atoms with van der Waals surface area (Å²) in [6.45, 7) is 0. The largest absolute Gasteiger partial charge is 0.480 e. The van der Waals surface area contributed by atoms with Gasteiger partial charge in [-0.05, 0) is 25.0 Å². The zero-order valence-corrected chi connectivity index (χ0v) is 10.0. The molecule has 1 aliphatic carbocycles. The molecule has 0 unspecified atom stereocenters. The molecule has 18 heavy (non-hydrogen) atoms. The molecule has 0 saturated heterocycles. The van der Waals surface area contributed by atoms with Gasteiger partial charge in [0.1, 0.15) is 17.3 Å². The molecule has 1 saturated carbocycles. The summed E-state index contributed by atoms with van der Waals surface area (Å²) < 4.78 is 0. The normalized spacial score (nSPS) is 17.7. The Kier molecular flexibility index (Phi) is 3.47. The van der Waals surface area contributed by atoms with Crippen molar-refractivity contribution in [3.05, 3.63) is 24.0 Å². The first-order valence-corrected chi connectivity index (χ1v) is 6.04. The summed E-state index contributed by atoms with van der Waals surface area (Å²) in [4.78, 5) is 15.4. The summed E-state index contributed by atoms with van der Waals surface area (Å²) in [6, 6.07) is 5.22. The molecule has 5 nitrogen and oxygen atoms in total. The number of hydrogen-bond donors (Lipinski definition) is 2. The molecule has 0 aliphatic heterocycles. The highest BCUT2D eigenvalue weighted by Crippen LogP contribution is 2.31. The van der Waals surface area contributed by atoms with E-state index in [-0.39, 0.29) is 0 Å². The first-order valence-electron chi connectivity index (χ1n) is 6.04. The highest BCUT2D eigenvalue weighted by molar-refractivity contribution is 5.82. The van der Waals surface area contributed by atoms with Gasteiger partial charge in [0.05, 0.1) is 11.9 Å². The number of aromatic nitrogens is 1. The average molecular weight is 245 g/mol. The van der Waals surface area contributed by atoms with Crippen LogP contribution in [0.2, 0.25) is 0 Å². The van der Waals surface area contributed by atoms with Gasteiger partial charge in [-0.25, -0.2) is 9.78 Å². The first-order chi connectivity index (χ1) is 8.66. The number of carboxylic acids is 1. The fourth-order valence-corrected chi connectivity index (χ4v) is 2.36. The van der Waals surface area contributed by atoms with Crippen LogP contribution in [0.4, 0.5) is 5.69 Å². The van der Waals surface area contributed by atoms with E-state index in [2.05, 4.69) is 10.3 Å². The predicted molar refractivity (Wildman–Crippen MR) is 66.0 cm³/mol. The van der Waals surface area contributed by atoms with Crippen molar-refractivity contribution in [2.75, 3.05) is 5.32 Å². The van der Waals surface area contributed by atoms with Gasteiger partial charge in [0.15, 0.2) is 0 Å². The average Bonchev–Trinajstić information content (AvgIpc) is 2.40. The smallest absolute Gasteiger partial charge is 0.329 e. The molecular formula is C13H15N3O2. The summed E-state index contributed by atoms with van der Waals surface area (Å²) in [5, 5.41) is 21.2. The topological polar surface area (TPSA) is 86.0 Å². The molecule has 1 fully saturated rings. The predicted octanol–water partition coefficient (Wildman–Crippen LogP) is 2.15. The number of anilines is 1. The number of aliphatic carboxylic acids is 1. The molecule has 0 spiro atoms. The number of nitrogens with zero attached hydrogens (tertiary/aromatic N) is 2. The Morgan fingerprint density at radius 2 is 2.11 bits per heavy atom. The van der Waals surface area contributed by atoms with Crippen LogP contribution in [0.15, 0.2) is 18.3 Å². The first kappa shape index (κ1) is 12.4.